The average molecular weight is 290 g/mol. The second-order valence-corrected chi connectivity index (χ2v) is 5.64. The molecule has 3 rings (SSSR count). The highest BCUT2D eigenvalue weighted by Gasteiger charge is 2.09. The third-order valence-corrected chi connectivity index (χ3v) is 4.07. The summed E-state index contributed by atoms with van der Waals surface area (Å²) in [4.78, 5) is 0. The minimum absolute atomic E-state index is 0.283. The highest BCUT2D eigenvalue weighted by molar-refractivity contribution is 5.85. The van der Waals surface area contributed by atoms with Gasteiger partial charge in [0.1, 0.15) is 0 Å². The van der Waals surface area contributed by atoms with Crippen LogP contribution in [0.4, 0.5) is 0 Å². The van der Waals surface area contributed by atoms with Crippen LogP contribution in [0.1, 0.15) is 11.1 Å². The molecule has 3 aromatic carbocycles. The second kappa shape index (κ2) is 7.21. The number of nitrogens with two attached hydrogens (primary N) is 1. The highest BCUT2D eigenvalue weighted by Crippen LogP contribution is 2.19. The van der Waals surface area contributed by atoms with E-state index in [1.54, 1.807) is 0 Å². The molecule has 3 N–H and O–H groups in total. The van der Waals surface area contributed by atoms with Crippen LogP contribution in [-0.2, 0) is 13.0 Å². The van der Waals surface area contributed by atoms with E-state index in [4.69, 9.17) is 5.73 Å². The second-order valence-electron chi connectivity index (χ2n) is 5.64. The van der Waals surface area contributed by atoms with Crippen molar-refractivity contribution in [1.82, 2.24) is 5.32 Å². The third-order valence-electron chi connectivity index (χ3n) is 4.07. The van der Waals surface area contributed by atoms with Gasteiger partial charge in [-0.3, -0.25) is 0 Å². The average Bonchev–Trinajstić information content (AvgIpc) is 2.59. The highest BCUT2D eigenvalue weighted by atomic mass is 14.9. The van der Waals surface area contributed by atoms with Gasteiger partial charge in [0, 0.05) is 19.1 Å². The van der Waals surface area contributed by atoms with Crippen molar-refractivity contribution in [2.24, 2.45) is 5.73 Å². The zero-order valence-electron chi connectivity index (χ0n) is 12.7. The fourth-order valence-electron chi connectivity index (χ4n) is 2.83. The first-order valence-corrected chi connectivity index (χ1v) is 7.81. The molecule has 2 heteroatoms. The minimum Gasteiger partial charge on any atom is -0.329 e. The summed E-state index contributed by atoms with van der Waals surface area (Å²) in [5.41, 5.74) is 8.61. The van der Waals surface area contributed by atoms with Gasteiger partial charge in [0.05, 0.1) is 0 Å². The lowest BCUT2D eigenvalue weighted by Crippen LogP contribution is -2.37. The predicted molar refractivity (Wildman–Crippen MR) is 93.8 cm³/mol. The summed E-state index contributed by atoms with van der Waals surface area (Å²) in [7, 11) is 0. The first kappa shape index (κ1) is 14.8. The molecule has 0 aliphatic rings. The van der Waals surface area contributed by atoms with E-state index >= 15 is 0 Å². The minimum atomic E-state index is 0.283. The summed E-state index contributed by atoms with van der Waals surface area (Å²) in [6.07, 6.45) is 0.949. The van der Waals surface area contributed by atoms with E-state index in [9.17, 15) is 0 Å². The maximum absolute atomic E-state index is 5.97. The molecule has 0 saturated heterocycles. The molecule has 0 heterocycles. The van der Waals surface area contributed by atoms with E-state index in [0.29, 0.717) is 6.54 Å². The summed E-state index contributed by atoms with van der Waals surface area (Å²) in [5, 5.41) is 6.19. The summed E-state index contributed by atoms with van der Waals surface area (Å²) in [6.45, 7) is 1.49. The molecule has 0 spiro atoms. The number of rotatable bonds is 6. The van der Waals surface area contributed by atoms with Crippen LogP contribution in [0.3, 0.4) is 0 Å². The monoisotopic (exact) mass is 290 g/mol. The van der Waals surface area contributed by atoms with Crippen molar-refractivity contribution < 1.29 is 0 Å². The lowest BCUT2D eigenvalue weighted by molar-refractivity contribution is 0.517. The Kier molecular flexibility index (Phi) is 4.84. The standard InChI is InChI=1S/C20H22N2/c21-14-19(22-15-16-7-2-1-3-8-16)13-18-11-6-10-17-9-4-5-12-20(17)18/h1-12,19,22H,13-15,21H2/t19-/m1/s1. The first-order chi connectivity index (χ1) is 10.9. The maximum Gasteiger partial charge on any atom is 0.0234 e. The molecule has 0 aromatic heterocycles. The topological polar surface area (TPSA) is 38.0 Å². The Hall–Kier alpha value is -2.16. The SMILES string of the molecule is NC[C@@H](Cc1cccc2ccccc12)NCc1ccccc1. The molecular formula is C20H22N2. The molecule has 0 aliphatic carbocycles. The number of benzene rings is 3. The van der Waals surface area contributed by atoms with Crippen molar-refractivity contribution in [3.05, 3.63) is 83.9 Å². The van der Waals surface area contributed by atoms with Crippen molar-refractivity contribution in [2.45, 2.75) is 19.0 Å². The Morgan fingerprint density at radius 2 is 1.55 bits per heavy atom. The fourth-order valence-corrected chi connectivity index (χ4v) is 2.83. The lowest BCUT2D eigenvalue weighted by atomic mass is 9.98. The van der Waals surface area contributed by atoms with Gasteiger partial charge in [-0.25, -0.2) is 0 Å². The number of fused-ring (bicyclic) bond motifs is 1. The maximum atomic E-state index is 5.97. The van der Waals surface area contributed by atoms with E-state index in [1.165, 1.54) is 21.9 Å². The van der Waals surface area contributed by atoms with E-state index in [-0.39, 0.29) is 6.04 Å². The predicted octanol–water partition coefficient (Wildman–Crippen LogP) is 3.50. The third kappa shape index (κ3) is 3.53. The van der Waals surface area contributed by atoms with Gasteiger partial charge in [0.2, 0.25) is 0 Å². The normalized spacial score (nSPS) is 12.4. The Labute approximate surface area is 132 Å². The Morgan fingerprint density at radius 1 is 0.818 bits per heavy atom. The van der Waals surface area contributed by atoms with Gasteiger partial charge in [-0.1, -0.05) is 72.8 Å². The van der Waals surface area contributed by atoms with Crippen molar-refractivity contribution >= 4 is 10.8 Å². The number of hydrogen-bond donors (Lipinski definition) is 2. The molecule has 0 radical (unpaired) electrons. The molecular weight excluding hydrogens is 268 g/mol. The van der Waals surface area contributed by atoms with E-state index in [2.05, 4.69) is 72.0 Å². The molecule has 22 heavy (non-hydrogen) atoms. The molecule has 0 aliphatic heterocycles. The molecule has 0 unspecified atom stereocenters. The largest absolute Gasteiger partial charge is 0.329 e. The van der Waals surface area contributed by atoms with Gasteiger partial charge in [0.15, 0.2) is 0 Å². The summed E-state index contributed by atoms with van der Waals surface area (Å²) in [6, 6.07) is 25.8. The van der Waals surface area contributed by atoms with E-state index in [0.717, 1.165) is 13.0 Å². The van der Waals surface area contributed by atoms with Crippen molar-refractivity contribution in [3.63, 3.8) is 0 Å². The molecule has 1 atom stereocenters. The van der Waals surface area contributed by atoms with Crippen LogP contribution in [0, 0.1) is 0 Å². The van der Waals surface area contributed by atoms with Gasteiger partial charge in [-0.15, -0.1) is 0 Å². The van der Waals surface area contributed by atoms with Crippen LogP contribution in [0.25, 0.3) is 10.8 Å². The van der Waals surface area contributed by atoms with E-state index < -0.39 is 0 Å². The van der Waals surface area contributed by atoms with Crippen LogP contribution in [-0.4, -0.2) is 12.6 Å². The number of nitrogens with one attached hydrogen (secondary N) is 1. The zero-order chi connectivity index (χ0) is 15.2. The van der Waals surface area contributed by atoms with Gasteiger partial charge in [-0.2, -0.15) is 0 Å². The van der Waals surface area contributed by atoms with Crippen LogP contribution >= 0.6 is 0 Å². The van der Waals surface area contributed by atoms with Gasteiger partial charge < -0.3 is 11.1 Å². The molecule has 3 aromatic rings. The summed E-state index contributed by atoms with van der Waals surface area (Å²) >= 11 is 0. The molecule has 0 amide bonds. The quantitative estimate of drug-likeness (QED) is 0.729. The lowest BCUT2D eigenvalue weighted by Gasteiger charge is -2.18. The summed E-state index contributed by atoms with van der Waals surface area (Å²) < 4.78 is 0. The molecule has 0 bridgehead atoms. The number of hydrogen-bond acceptors (Lipinski definition) is 2. The smallest absolute Gasteiger partial charge is 0.0234 e. The molecule has 112 valence electrons. The van der Waals surface area contributed by atoms with Crippen LogP contribution in [0.15, 0.2) is 72.8 Å². The first-order valence-electron chi connectivity index (χ1n) is 7.81. The van der Waals surface area contributed by atoms with Crippen LogP contribution in [0.5, 0.6) is 0 Å². The van der Waals surface area contributed by atoms with Crippen molar-refractivity contribution in [2.75, 3.05) is 6.54 Å². The Bertz CT molecular complexity index is 717. The van der Waals surface area contributed by atoms with Crippen LogP contribution < -0.4 is 11.1 Å². The zero-order valence-corrected chi connectivity index (χ0v) is 12.7. The molecule has 2 nitrogen and oxygen atoms in total. The van der Waals surface area contributed by atoms with Gasteiger partial charge in [0.25, 0.3) is 0 Å². The Balaban J connectivity index is 1.71. The van der Waals surface area contributed by atoms with Gasteiger partial charge >= 0.3 is 0 Å². The van der Waals surface area contributed by atoms with Crippen molar-refractivity contribution in [1.29, 1.82) is 0 Å². The molecule has 0 fully saturated rings. The van der Waals surface area contributed by atoms with Gasteiger partial charge in [-0.05, 0) is 28.3 Å². The van der Waals surface area contributed by atoms with Crippen LogP contribution in [0.2, 0.25) is 0 Å². The Morgan fingerprint density at radius 3 is 2.36 bits per heavy atom. The molecule has 0 saturated carbocycles. The van der Waals surface area contributed by atoms with E-state index in [1.807, 2.05) is 6.07 Å². The summed E-state index contributed by atoms with van der Waals surface area (Å²) in [5.74, 6) is 0. The van der Waals surface area contributed by atoms with Crippen molar-refractivity contribution in [3.8, 4) is 0 Å². The fraction of sp³-hybridized carbons (Fsp3) is 0.200.